The third kappa shape index (κ3) is 5.40. The zero-order valence-electron chi connectivity index (χ0n) is 10.9. The van der Waals surface area contributed by atoms with Gasteiger partial charge in [-0.15, -0.1) is 0 Å². The maximum Gasteiger partial charge on any atom is 0.390 e. The second-order valence-corrected chi connectivity index (χ2v) is 4.91. The van der Waals surface area contributed by atoms with Crippen LogP contribution in [0.3, 0.4) is 0 Å². The molecule has 0 radical (unpaired) electrons. The predicted molar refractivity (Wildman–Crippen MR) is 72.4 cm³/mol. The van der Waals surface area contributed by atoms with E-state index in [9.17, 15) is 13.2 Å². The van der Waals surface area contributed by atoms with Crippen LogP contribution >= 0.6 is 15.9 Å². The Kier molecular flexibility index (Phi) is 6.13. The lowest BCUT2D eigenvalue weighted by atomic mass is 10.0. The van der Waals surface area contributed by atoms with Crippen LogP contribution in [0.4, 0.5) is 13.2 Å². The van der Waals surface area contributed by atoms with E-state index in [-0.39, 0.29) is 0 Å². The number of ether oxygens (including phenoxy) is 1. The van der Waals surface area contributed by atoms with Gasteiger partial charge in [-0.3, -0.25) is 0 Å². The Morgan fingerprint density at radius 3 is 2.47 bits per heavy atom. The van der Waals surface area contributed by atoms with E-state index in [0.29, 0.717) is 28.9 Å². The summed E-state index contributed by atoms with van der Waals surface area (Å²) >= 11 is 3.31. The number of rotatable bonds is 6. The van der Waals surface area contributed by atoms with Crippen LogP contribution in [0, 0.1) is 0 Å². The first-order chi connectivity index (χ1) is 8.87. The van der Waals surface area contributed by atoms with Crippen molar-refractivity contribution in [3.8, 4) is 5.75 Å². The molecule has 0 aliphatic heterocycles. The topological polar surface area (TPSA) is 21.3 Å². The van der Waals surface area contributed by atoms with E-state index in [1.54, 1.807) is 25.1 Å². The van der Waals surface area contributed by atoms with E-state index in [1.807, 2.05) is 6.92 Å². The molecule has 1 N–H and O–H groups in total. The van der Waals surface area contributed by atoms with Gasteiger partial charge in [0.05, 0.1) is 17.5 Å². The Balaban J connectivity index is 2.93. The predicted octanol–water partition coefficient (Wildman–Crippen LogP) is 4.45. The first kappa shape index (κ1) is 16.3. The van der Waals surface area contributed by atoms with E-state index in [2.05, 4.69) is 21.2 Å². The highest BCUT2D eigenvalue weighted by Gasteiger charge is 2.32. The van der Waals surface area contributed by atoms with Crippen LogP contribution in [-0.4, -0.2) is 19.3 Å². The summed E-state index contributed by atoms with van der Waals surface area (Å²) in [5.41, 5.74) is 0.592. The molecule has 0 bridgehead atoms. The summed E-state index contributed by atoms with van der Waals surface area (Å²) in [4.78, 5) is 0. The average Bonchev–Trinajstić information content (AvgIpc) is 2.30. The number of alkyl halides is 3. The average molecular weight is 340 g/mol. The van der Waals surface area contributed by atoms with Gasteiger partial charge in [0.25, 0.3) is 0 Å². The van der Waals surface area contributed by atoms with Gasteiger partial charge in [-0.1, -0.05) is 13.0 Å². The number of benzene rings is 1. The van der Waals surface area contributed by atoms with Gasteiger partial charge in [0.1, 0.15) is 5.75 Å². The smallest absolute Gasteiger partial charge is 0.390 e. The minimum Gasteiger partial charge on any atom is -0.493 e. The van der Waals surface area contributed by atoms with Gasteiger partial charge in [-0.2, -0.15) is 13.2 Å². The van der Waals surface area contributed by atoms with Gasteiger partial charge < -0.3 is 10.1 Å². The largest absolute Gasteiger partial charge is 0.493 e. The van der Waals surface area contributed by atoms with Crippen molar-refractivity contribution in [2.75, 3.05) is 13.2 Å². The van der Waals surface area contributed by atoms with Crippen molar-refractivity contribution in [3.05, 3.63) is 28.2 Å². The van der Waals surface area contributed by atoms with Crippen LogP contribution in [0.5, 0.6) is 5.75 Å². The van der Waals surface area contributed by atoms with Gasteiger partial charge in [0.2, 0.25) is 0 Å². The molecule has 0 fully saturated rings. The lowest BCUT2D eigenvalue weighted by Crippen LogP contribution is -2.26. The zero-order chi connectivity index (χ0) is 14.5. The molecule has 1 unspecified atom stereocenters. The Morgan fingerprint density at radius 2 is 2.00 bits per heavy atom. The van der Waals surface area contributed by atoms with Crippen molar-refractivity contribution in [3.63, 3.8) is 0 Å². The molecular formula is C13H17BrF3NO. The van der Waals surface area contributed by atoms with Gasteiger partial charge in [0, 0.05) is 6.04 Å². The maximum atomic E-state index is 12.5. The number of hydrogen-bond donors (Lipinski definition) is 1. The van der Waals surface area contributed by atoms with E-state index in [1.165, 1.54) is 0 Å². The van der Waals surface area contributed by atoms with Crippen LogP contribution in [0.15, 0.2) is 22.7 Å². The monoisotopic (exact) mass is 339 g/mol. The van der Waals surface area contributed by atoms with Crippen LogP contribution in [-0.2, 0) is 0 Å². The van der Waals surface area contributed by atoms with Crippen molar-refractivity contribution in [1.29, 1.82) is 0 Å². The second-order valence-electron chi connectivity index (χ2n) is 4.05. The molecule has 0 amide bonds. The highest BCUT2D eigenvalue weighted by atomic mass is 79.9. The first-order valence-electron chi connectivity index (χ1n) is 6.09. The fraction of sp³-hybridized carbons (Fsp3) is 0.538. The van der Waals surface area contributed by atoms with Crippen LogP contribution in [0.25, 0.3) is 0 Å². The highest BCUT2D eigenvalue weighted by molar-refractivity contribution is 9.10. The Hall–Kier alpha value is -0.750. The van der Waals surface area contributed by atoms with Gasteiger partial charge in [-0.25, -0.2) is 0 Å². The standard InChI is InChI=1S/C13H17BrF3NO/c1-3-18-11(8-13(15,16)17)9-5-6-12(19-4-2)10(14)7-9/h5-7,11,18H,3-4,8H2,1-2H3. The molecule has 1 rings (SSSR count). The van der Waals surface area contributed by atoms with Crippen molar-refractivity contribution in [1.82, 2.24) is 5.32 Å². The molecular weight excluding hydrogens is 323 g/mol. The minimum absolute atomic E-state index is 0.478. The molecule has 1 aromatic carbocycles. The van der Waals surface area contributed by atoms with E-state index >= 15 is 0 Å². The molecule has 0 saturated carbocycles. The molecule has 0 aliphatic carbocycles. The fourth-order valence-corrected chi connectivity index (χ4v) is 2.30. The van der Waals surface area contributed by atoms with Gasteiger partial charge >= 0.3 is 6.18 Å². The van der Waals surface area contributed by atoms with E-state index < -0.39 is 18.6 Å². The van der Waals surface area contributed by atoms with Crippen LogP contribution in [0.1, 0.15) is 31.9 Å². The molecule has 0 spiro atoms. The molecule has 0 aliphatic rings. The summed E-state index contributed by atoms with van der Waals surface area (Å²) in [6, 6.07) is 4.28. The quantitative estimate of drug-likeness (QED) is 0.826. The summed E-state index contributed by atoms with van der Waals surface area (Å²) < 4.78 is 43.6. The second kappa shape index (κ2) is 7.14. The fourth-order valence-electron chi connectivity index (χ4n) is 1.79. The summed E-state index contributed by atoms with van der Waals surface area (Å²) in [7, 11) is 0. The first-order valence-corrected chi connectivity index (χ1v) is 6.89. The number of nitrogens with one attached hydrogen (secondary N) is 1. The highest BCUT2D eigenvalue weighted by Crippen LogP contribution is 2.33. The van der Waals surface area contributed by atoms with Crippen molar-refractivity contribution in [2.45, 2.75) is 32.5 Å². The molecule has 108 valence electrons. The lowest BCUT2D eigenvalue weighted by Gasteiger charge is -2.20. The van der Waals surface area contributed by atoms with Crippen LogP contribution in [0.2, 0.25) is 0 Å². The SMILES string of the molecule is CCNC(CC(F)(F)F)c1ccc(OCC)c(Br)c1. The van der Waals surface area contributed by atoms with E-state index in [0.717, 1.165) is 0 Å². The zero-order valence-corrected chi connectivity index (χ0v) is 12.4. The maximum absolute atomic E-state index is 12.5. The third-order valence-electron chi connectivity index (χ3n) is 2.54. The summed E-state index contributed by atoms with van der Waals surface area (Å²) in [5, 5.41) is 2.85. The van der Waals surface area contributed by atoms with Crippen LogP contribution < -0.4 is 10.1 Å². The molecule has 2 nitrogen and oxygen atoms in total. The molecule has 0 aromatic heterocycles. The Labute approximate surface area is 119 Å². The molecule has 6 heteroatoms. The van der Waals surface area contributed by atoms with Crippen molar-refractivity contribution < 1.29 is 17.9 Å². The summed E-state index contributed by atoms with van der Waals surface area (Å²) in [5.74, 6) is 0.633. The lowest BCUT2D eigenvalue weighted by molar-refractivity contribution is -0.140. The molecule has 1 aromatic rings. The summed E-state index contributed by atoms with van der Waals surface area (Å²) in [6.45, 7) is 4.63. The number of hydrogen-bond acceptors (Lipinski definition) is 2. The molecule has 0 saturated heterocycles. The Morgan fingerprint density at radius 1 is 1.32 bits per heavy atom. The third-order valence-corrected chi connectivity index (χ3v) is 3.16. The van der Waals surface area contributed by atoms with Crippen molar-refractivity contribution in [2.24, 2.45) is 0 Å². The van der Waals surface area contributed by atoms with Gasteiger partial charge in [0.15, 0.2) is 0 Å². The molecule has 19 heavy (non-hydrogen) atoms. The normalized spacial score (nSPS) is 13.4. The Bertz CT molecular complexity index is 409. The van der Waals surface area contributed by atoms with Crippen molar-refractivity contribution >= 4 is 15.9 Å². The molecule has 0 heterocycles. The number of halogens is 4. The molecule has 1 atom stereocenters. The minimum atomic E-state index is -4.20. The van der Waals surface area contributed by atoms with Gasteiger partial charge in [-0.05, 0) is 47.1 Å². The van der Waals surface area contributed by atoms with E-state index in [4.69, 9.17) is 4.74 Å². The summed E-state index contributed by atoms with van der Waals surface area (Å²) in [6.07, 6.45) is -5.08.